The molecule has 2 rings (SSSR count). The van der Waals surface area contributed by atoms with E-state index in [4.69, 9.17) is 5.26 Å². The number of nitriles is 1. The zero-order valence-corrected chi connectivity index (χ0v) is 15.6. The van der Waals surface area contributed by atoms with E-state index in [1.54, 1.807) is 28.8 Å². The molecule has 0 bridgehead atoms. The van der Waals surface area contributed by atoms with E-state index in [1.807, 2.05) is 19.1 Å². The highest BCUT2D eigenvalue weighted by molar-refractivity contribution is 7.99. The molecule has 1 saturated carbocycles. The molecule has 1 aliphatic carbocycles. The number of amides is 1. The Balaban J connectivity index is 1.87. The van der Waals surface area contributed by atoms with Crippen molar-refractivity contribution in [1.29, 1.82) is 5.26 Å². The van der Waals surface area contributed by atoms with E-state index < -0.39 is 9.84 Å². The van der Waals surface area contributed by atoms with Gasteiger partial charge in [-0.1, -0.05) is 0 Å². The summed E-state index contributed by atoms with van der Waals surface area (Å²) in [7, 11) is -3.10. The molecule has 0 heterocycles. The lowest BCUT2D eigenvalue weighted by atomic mass is 10.2. The van der Waals surface area contributed by atoms with Crippen LogP contribution in [0, 0.1) is 11.3 Å². The van der Waals surface area contributed by atoms with Crippen LogP contribution < -0.4 is 0 Å². The second kappa shape index (κ2) is 8.04. The molecule has 1 amide bonds. The lowest BCUT2D eigenvalue weighted by Crippen LogP contribution is -2.43. The summed E-state index contributed by atoms with van der Waals surface area (Å²) in [5.74, 6) is 0.673. The molecule has 1 aliphatic rings. The van der Waals surface area contributed by atoms with E-state index in [-0.39, 0.29) is 23.7 Å². The summed E-state index contributed by atoms with van der Waals surface area (Å²) in [5.41, 5.74) is 0.616. The van der Waals surface area contributed by atoms with Crippen molar-refractivity contribution in [2.45, 2.75) is 43.2 Å². The van der Waals surface area contributed by atoms with Gasteiger partial charge in [0.1, 0.15) is 9.84 Å². The fourth-order valence-corrected chi connectivity index (χ4v) is 4.57. The zero-order valence-electron chi connectivity index (χ0n) is 13.9. The summed E-state index contributed by atoms with van der Waals surface area (Å²) < 4.78 is 23.0. The van der Waals surface area contributed by atoms with Gasteiger partial charge in [0.25, 0.3) is 0 Å². The summed E-state index contributed by atoms with van der Waals surface area (Å²) in [4.78, 5) is 15.3. The van der Waals surface area contributed by atoms with Crippen molar-refractivity contribution < 1.29 is 13.2 Å². The van der Waals surface area contributed by atoms with Gasteiger partial charge in [-0.2, -0.15) is 5.26 Å². The zero-order chi connectivity index (χ0) is 17.7. The first kappa shape index (κ1) is 18.8. The molecule has 0 spiro atoms. The molecular weight excluding hydrogens is 344 g/mol. The van der Waals surface area contributed by atoms with Crippen LogP contribution in [-0.4, -0.2) is 49.1 Å². The van der Waals surface area contributed by atoms with Crippen LogP contribution in [0.3, 0.4) is 0 Å². The Kier molecular flexibility index (Phi) is 6.30. The van der Waals surface area contributed by atoms with E-state index in [2.05, 4.69) is 6.07 Å². The van der Waals surface area contributed by atoms with Crippen LogP contribution in [0.15, 0.2) is 29.2 Å². The first-order chi connectivity index (χ1) is 11.3. The molecule has 130 valence electrons. The largest absolute Gasteiger partial charge is 0.336 e. The summed E-state index contributed by atoms with van der Waals surface area (Å²) in [5, 5.41) is 8.78. The third kappa shape index (κ3) is 5.84. The Morgan fingerprint density at radius 1 is 1.38 bits per heavy atom. The number of hydrogen-bond acceptors (Lipinski definition) is 5. The lowest BCUT2D eigenvalue weighted by Gasteiger charge is -2.29. The molecule has 24 heavy (non-hydrogen) atoms. The van der Waals surface area contributed by atoms with Crippen molar-refractivity contribution in [2.75, 3.05) is 17.8 Å². The quantitative estimate of drug-likeness (QED) is 0.661. The smallest absolute Gasteiger partial charge is 0.223 e. The van der Waals surface area contributed by atoms with Crippen LogP contribution in [0.2, 0.25) is 0 Å². The van der Waals surface area contributed by atoms with E-state index in [0.717, 1.165) is 17.7 Å². The highest BCUT2D eigenvalue weighted by atomic mass is 32.2. The van der Waals surface area contributed by atoms with Gasteiger partial charge in [-0.3, -0.25) is 4.79 Å². The predicted octanol–water partition coefficient (Wildman–Crippen LogP) is 2.46. The highest BCUT2D eigenvalue weighted by Gasteiger charge is 2.36. The average Bonchev–Trinajstić information content (AvgIpc) is 3.31. The molecular formula is C17H22N2O3S2. The topological polar surface area (TPSA) is 78.2 Å². The first-order valence-corrected chi connectivity index (χ1v) is 11.0. The molecule has 0 saturated heterocycles. The Bertz CT molecular complexity index is 719. The monoisotopic (exact) mass is 366 g/mol. The second-order valence-corrected chi connectivity index (χ2v) is 9.56. The number of benzene rings is 1. The lowest BCUT2D eigenvalue weighted by molar-refractivity contribution is -0.132. The predicted molar refractivity (Wildman–Crippen MR) is 95.5 cm³/mol. The molecule has 1 unspecified atom stereocenters. The third-order valence-electron chi connectivity index (χ3n) is 3.82. The van der Waals surface area contributed by atoms with Crippen LogP contribution in [0.25, 0.3) is 0 Å². The highest BCUT2D eigenvalue weighted by Crippen LogP contribution is 2.30. The summed E-state index contributed by atoms with van der Waals surface area (Å²) in [6.07, 6.45) is 3.51. The van der Waals surface area contributed by atoms with Gasteiger partial charge < -0.3 is 4.90 Å². The molecule has 1 atom stereocenters. The van der Waals surface area contributed by atoms with Gasteiger partial charge in [-0.15, -0.1) is 11.8 Å². The molecule has 5 nitrogen and oxygen atoms in total. The normalized spacial score (nSPS) is 15.5. The standard InChI is InChI=1S/C17H22N2O3S2/c1-13(12-24(2,21)22)19(15-5-6-15)17(20)9-10-23-16-7-3-14(11-18)4-8-16/h3-4,7-8,13,15H,5-6,9-10,12H2,1-2H3. The minimum atomic E-state index is -3.10. The van der Waals surface area contributed by atoms with Gasteiger partial charge in [0.05, 0.1) is 17.4 Å². The van der Waals surface area contributed by atoms with Gasteiger partial charge in [0.2, 0.25) is 5.91 Å². The number of nitrogens with zero attached hydrogens (tertiary/aromatic N) is 2. The minimum Gasteiger partial charge on any atom is -0.336 e. The van der Waals surface area contributed by atoms with Gasteiger partial charge in [0, 0.05) is 35.4 Å². The number of hydrogen-bond donors (Lipinski definition) is 0. The van der Waals surface area contributed by atoms with Crippen molar-refractivity contribution in [3.05, 3.63) is 29.8 Å². The van der Waals surface area contributed by atoms with Crippen LogP contribution >= 0.6 is 11.8 Å². The van der Waals surface area contributed by atoms with Crippen LogP contribution in [0.4, 0.5) is 0 Å². The van der Waals surface area contributed by atoms with E-state index in [1.165, 1.54) is 6.26 Å². The number of sulfone groups is 1. The summed E-state index contributed by atoms with van der Waals surface area (Å²) in [6, 6.07) is 9.26. The molecule has 0 radical (unpaired) electrons. The Morgan fingerprint density at radius 2 is 2.00 bits per heavy atom. The Hall–Kier alpha value is -1.52. The molecule has 1 aromatic carbocycles. The number of carbonyl (C=O) groups excluding carboxylic acids is 1. The molecule has 0 aromatic heterocycles. The van der Waals surface area contributed by atoms with Crippen LogP contribution in [-0.2, 0) is 14.6 Å². The van der Waals surface area contributed by atoms with Gasteiger partial charge in [-0.05, 0) is 44.0 Å². The fraction of sp³-hybridized carbons (Fsp3) is 0.529. The maximum atomic E-state index is 12.5. The van der Waals surface area contributed by atoms with Crippen molar-refractivity contribution in [1.82, 2.24) is 4.90 Å². The molecule has 0 N–H and O–H groups in total. The number of carbonyl (C=O) groups is 1. The van der Waals surface area contributed by atoms with E-state index >= 15 is 0 Å². The number of rotatable bonds is 8. The van der Waals surface area contributed by atoms with Crippen molar-refractivity contribution in [3.63, 3.8) is 0 Å². The van der Waals surface area contributed by atoms with Gasteiger partial charge in [0.15, 0.2) is 0 Å². The fourth-order valence-electron chi connectivity index (χ4n) is 2.69. The molecule has 7 heteroatoms. The van der Waals surface area contributed by atoms with Gasteiger partial charge >= 0.3 is 0 Å². The van der Waals surface area contributed by atoms with Crippen LogP contribution in [0.1, 0.15) is 31.7 Å². The summed E-state index contributed by atoms with van der Waals surface area (Å²) >= 11 is 1.57. The van der Waals surface area contributed by atoms with E-state index in [0.29, 0.717) is 17.7 Å². The Labute approximate surface area is 148 Å². The maximum absolute atomic E-state index is 12.5. The maximum Gasteiger partial charge on any atom is 0.223 e. The molecule has 1 aromatic rings. The van der Waals surface area contributed by atoms with Crippen molar-refractivity contribution >= 4 is 27.5 Å². The SMILES string of the molecule is CC(CS(C)(=O)=O)N(C(=O)CCSc1ccc(C#N)cc1)C1CC1. The van der Waals surface area contributed by atoms with Crippen molar-refractivity contribution in [2.24, 2.45) is 0 Å². The Morgan fingerprint density at radius 3 is 2.50 bits per heavy atom. The second-order valence-electron chi connectivity index (χ2n) is 6.21. The summed E-state index contributed by atoms with van der Waals surface area (Å²) in [6.45, 7) is 1.81. The van der Waals surface area contributed by atoms with Gasteiger partial charge in [-0.25, -0.2) is 8.42 Å². The first-order valence-electron chi connectivity index (χ1n) is 7.92. The van der Waals surface area contributed by atoms with Crippen molar-refractivity contribution in [3.8, 4) is 6.07 Å². The number of thioether (sulfide) groups is 1. The van der Waals surface area contributed by atoms with Crippen LogP contribution in [0.5, 0.6) is 0 Å². The molecule has 0 aliphatic heterocycles. The third-order valence-corrected chi connectivity index (χ3v) is 5.92. The van der Waals surface area contributed by atoms with E-state index in [9.17, 15) is 13.2 Å². The minimum absolute atomic E-state index is 0.0119. The molecule has 1 fully saturated rings. The average molecular weight is 367 g/mol.